The first-order valence-corrected chi connectivity index (χ1v) is 8.30. The highest BCUT2D eigenvalue weighted by Crippen LogP contribution is 2.31. The van der Waals surface area contributed by atoms with E-state index in [2.05, 4.69) is 10.6 Å². The predicted octanol–water partition coefficient (Wildman–Crippen LogP) is 0.808. The molecule has 2 amide bonds. The molecule has 7 heteroatoms. The molecule has 136 valence electrons. The van der Waals surface area contributed by atoms with Crippen molar-refractivity contribution in [2.24, 2.45) is 17.8 Å². The Morgan fingerprint density at radius 1 is 1.29 bits per heavy atom. The summed E-state index contributed by atoms with van der Waals surface area (Å²) in [6, 6.07) is 0. The third-order valence-corrected chi connectivity index (χ3v) is 4.22. The molecule has 0 spiro atoms. The van der Waals surface area contributed by atoms with E-state index in [0.717, 1.165) is 13.0 Å². The Hall–Kier alpha value is -1.89. The van der Waals surface area contributed by atoms with Crippen molar-refractivity contribution >= 4 is 17.8 Å². The molecule has 3 unspecified atom stereocenters. The van der Waals surface area contributed by atoms with Gasteiger partial charge in [-0.25, -0.2) is 4.79 Å². The van der Waals surface area contributed by atoms with E-state index in [-0.39, 0.29) is 30.1 Å². The van der Waals surface area contributed by atoms with E-state index in [1.807, 2.05) is 31.1 Å². The van der Waals surface area contributed by atoms with E-state index < -0.39 is 12.0 Å². The van der Waals surface area contributed by atoms with Crippen molar-refractivity contribution in [3.8, 4) is 0 Å². The summed E-state index contributed by atoms with van der Waals surface area (Å²) in [5, 5.41) is 5.31. The van der Waals surface area contributed by atoms with Gasteiger partial charge in [-0.05, 0) is 40.4 Å². The number of ether oxygens (including phenoxy) is 1. The van der Waals surface area contributed by atoms with Gasteiger partial charge in [0.15, 0.2) is 0 Å². The standard InChI is InChI=1S/C17H29N3O4/c1-12(21)13-7-5-8-14(16(22)18-2)15(13)11-24-17(23)19-9-6-10-20(3)4/h5,7,13-15H,6,8-11H2,1-4H3,(H,18,22)(H,19,23). The van der Waals surface area contributed by atoms with E-state index in [4.69, 9.17) is 4.74 Å². The zero-order valence-corrected chi connectivity index (χ0v) is 15.0. The number of nitrogens with zero attached hydrogens (tertiary/aromatic N) is 1. The van der Waals surface area contributed by atoms with E-state index in [9.17, 15) is 14.4 Å². The number of carbonyl (C=O) groups is 3. The second-order valence-electron chi connectivity index (χ2n) is 6.37. The number of amides is 2. The minimum absolute atomic E-state index is 0.0279. The minimum atomic E-state index is -0.513. The van der Waals surface area contributed by atoms with Crippen LogP contribution in [0.25, 0.3) is 0 Å². The predicted molar refractivity (Wildman–Crippen MR) is 91.5 cm³/mol. The molecule has 7 nitrogen and oxygen atoms in total. The van der Waals surface area contributed by atoms with Crippen LogP contribution in [0.2, 0.25) is 0 Å². The molecule has 24 heavy (non-hydrogen) atoms. The molecule has 3 atom stereocenters. The monoisotopic (exact) mass is 339 g/mol. The molecule has 0 bridgehead atoms. The fraction of sp³-hybridized carbons (Fsp3) is 0.706. The Labute approximate surface area is 143 Å². The first-order chi connectivity index (χ1) is 11.4. The van der Waals surface area contributed by atoms with Crippen molar-refractivity contribution in [2.75, 3.05) is 40.8 Å². The summed E-state index contributed by atoms with van der Waals surface area (Å²) in [5.74, 6) is -1.26. The molecule has 2 N–H and O–H groups in total. The van der Waals surface area contributed by atoms with Gasteiger partial charge in [0.2, 0.25) is 5.91 Å². The van der Waals surface area contributed by atoms with Gasteiger partial charge in [0.05, 0.1) is 6.61 Å². The molecule has 1 aliphatic rings. The summed E-state index contributed by atoms with van der Waals surface area (Å²) in [5.41, 5.74) is 0. The smallest absolute Gasteiger partial charge is 0.407 e. The molecule has 0 saturated heterocycles. The average molecular weight is 339 g/mol. The Balaban J connectivity index is 2.56. The number of alkyl carbamates (subject to hydrolysis) is 1. The van der Waals surface area contributed by atoms with Gasteiger partial charge in [-0.3, -0.25) is 9.59 Å². The zero-order valence-electron chi connectivity index (χ0n) is 15.0. The maximum Gasteiger partial charge on any atom is 0.407 e. The second-order valence-corrected chi connectivity index (χ2v) is 6.37. The van der Waals surface area contributed by atoms with Crippen molar-refractivity contribution in [3.05, 3.63) is 12.2 Å². The lowest BCUT2D eigenvalue weighted by Crippen LogP contribution is -2.42. The molecule has 0 heterocycles. The molecular formula is C17H29N3O4. The van der Waals surface area contributed by atoms with Gasteiger partial charge < -0.3 is 20.3 Å². The van der Waals surface area contributed by atoms with Crippen molar-refractivity contribution < 1.29 is 19.1 Å². The molecule has 0 fully saturated rings. The van der Waals surface area contributed by atoms with Gasteiger partial charge in [0.25, 0.3) is 0 Å². The summed E-state index contributed by atoms with van der Waals surface area (Å²) in [6.45, 7) is 2.94. The van der Waals surface area contributed by atoms with Crippen molar-refractivity contribution in [2.45, 2.75) is 19.8 Å². The van der Waals surface area contributed by atoms with Gasteiger partial charge >= 0.3 is 6.09 Å². The Morgan fingerprint density at radius 3 is 2.58 bits per heavy atom. The summed E-state index contributed by atoms with van der Waals surface area (Å²) in [4.78, 5) is 37.7. The van der Waals surface area contributed by atoms with Gasteiger partial charge in [0.1, 0.15) is 5.78 Å². The topological polar surface area (TPSA) is 87.7 Å². The van der Waals surface area contributed by atoms with Gasteiger partial charge in [-0.1, -0.05) is 12.2 Å². The van der Waals surface area contributed by atoms with Crippen LogP contribution in [0.5, 0.6) is 0 Å². The summed E-state index contributed by atoms with van der Waals surface area (Å²) in [7, 11) is 5.50. The molecular weight excluding hydrogens is 310 g/mol. The quantitative estimate of drug-likeness (QED) is 0.505. The lowest BCUT2D eigenvalue weighted by molar-refractivity contribution is -0.130. The lowest BCUT2D eigenvalue weighted by atomic mass is 9.74. The molecule has 0 saturated carbocycles. The highest BCUT2D eigenvalue weighted by Gasteiger charge is 2.37. The van der Waals surface area contributed by atoms with Crippen LogP contribution in [0.4, 0.5) is 4.79 Å². The first-order valence-electron chi connectivity index (χ1n) is 8.30. The van der Waals surface area contributed by atoms with Gasteiger partial charge in [0, 0.05) is 31.3 Å². The third kappa shape index (κ3) is 6.31. The van der Waals surface area contributed by atoms with Crippen LogP contribution < -0.4 is 10.6 Å². The first kappa shape index (κ1) is 20.2. The maximum absolute atomic E-state index is 12.0. The number of hydrogen-bond acceptors (Lipinski definition) is 5. The Morgan fingerprint density at radius 2 is 2.00 bits per heavy atom. The normalized spacial score (nSPS) is 23.0. The minimum Gasteiger partial charge on any atom is -0.449 e. The molecule has 0 aromatic carbocycles. The molecule has 1 rings (SSSR count). The van der Waals surface area contributed by atoms with Crippen molar-refractivity contribution in [1.82, 2.24) is 15.5 Å². The average Bonchev–Trinajstić information content (AvgIpc) is 2.55. The third-order valence-electron chi connectivity index (χ3n) is 4.22. The van der Waals surface area contributed by atoms with E-state index in [1.54, 1.807) is 7.05 Å². The molecule has 1 aliphatic carbocycles. The van der Waals surface area contributed by atoms with E-state index >= 15 is 0 Å². The number of hydrogen-bond donors (Lipinski definition) is 2. The number of ketones is 1. The number of carbonyl (C=O) groups excluding carboxylic acids is 3. The highest BCUT2D eigenvalue weighted by atomic mass is 16.5. The fourth-order valence-electron chi connectivity index (χ4n) is 2.89. The summed E-state index contributed by atoms with van der Waals surface area (Å²) >= 11 is 0. The summed E-state index contributed by atoms with van der Waals surface area (Å²) < 4.78 is 5.26. The van der Waals surface area contributed by atoms with Gasteiger partial charge in [-0.15, -0.1) is 0 Å². The van der Waals surface area contributed by atoms with Crippen LogP contribution >= 0.6 is 0 Å². The number of Topliss-reactive ketones (excluding diaryl/α,β-unsaturated/α-hetero) is 1. The molecule has 0 aromatic rings. The van der Waals surface area contributed by atoms with Crippen molar-refractivity contribution in [1.29, 1.82) is 0 Å². The Kier molecular flexibility index (Phi) is 8.46. The highest BCUT2D eigenvalue weighted by molar-refractivity contribution is 5.84. The number of allylic oxidation sites excluding steroid dienone is 2. The largest absolute Gasteiger partial charge is 0.449 e. The molecule has 0 aromatic heterocycles. The number of rotatable bonds is 8. The van der Waals surface area contributed by atoms with Crippen LogP contribution in [0, 0.1) is 17.8 Å². The second kappa shape index (κ2) is 10.1. The van der Waals surface area contributed by atoms with Crippen LogP contribution in [0.15, 0.2) is 12.2 Å². The van der Waals surface area contributed by atoms with Crippen LogP contribution in [-0.4, -0.2) is 63.5 Å². The maximum atomic E-state index is 12.0. The van der Waals surface area contributed by atoms with Crippen LogP contribution in [-0.2, 0) is 14.3 Å². The van der Waals surface area contributed by atoms with E-state index in [1.165, 1.54) is 6.92 Å². The zero-order chi connectivity index (χ0) is 18.1. The van der Waals surface area contributed by atoms with Crippen molar-refractivity contribution in [3.63, 3.8) is 0 Å². The molecule has 0 aliphatic heterocycles. The molecule has 0 radical (unpaired) electrons. The Bertz CT molecular complexity index is 476. The number of nitrogens with one attached hydrogen (secondary N) is 2. The SMILES string of the molecule is CNC(=O)C1CC=CC(C(C)=O)C1COC(=O)NCCCN(C)C. The fourth-order valence-corrected chi connectivity index (χ4v) is 2.89. The van der Waals surface area contributed by atoms with Crippen LogP contribution in [0.1, 0.15) is 19.8 Å². The summed E-state index contributed by atoms with van der Waals surface area (Å²) in [6.07, 6.45) is 4.52. The van der Waals surface area contributed by atoms with E-state index in [0.29, 0.717) is 13.0 Å². The lowest BCUT2D eigenvalue weighted by Gasteiger charge is -2.32. The van der Waals surface area contributed by atoms with Gasteiger partial charge in [-0.2, -0.15) is 0 Å². The van der Waals surface area contributed by atoms with Crippen LogP contribution in [0.3, 0.4) is 0 Å².